The monoisotopic (exact) mass is 307 g/mol. The van der Waals surface area contributed by atoms with Crippen LogP contribution in [-0.2, 0) is 6.42 Å². The van der Waals surface area contributed by atoms with Gasteiger partial charge in [-0.1, -0.05) is 41.1 Å². The molecule has 0 bridgehead atoms. The van der Waals surface area contributed by atoms with Crippen molar-refractivity contribution < 1.29 is 0 Å². The zero-order valence-corrected chi connectivity index (χ0v) is 12.1. The van der Waals surface area contributed by atoms with Gasteiger partial charge in [0.05, 0.1) is 6.04 Å². The van der Waals surface area contributed by atoms with Crippen LogP contribution < -0.4 is 5.73 Å². The standard InChI is InChI=1S/C14H18BrN3/c1-2-5-14-17-8-9-18(14)13(10-16)11-6-3-4-7-12(11)15/h3-4,6-9,13H,2,5,10,16H2,1H3. The van der Waals surface area contributed by atoms with Gasteiger partial charge in [0.2, 0.25) is 0 Å². The van der Waals surface area contributed by atoms with Crippen molar-refractivity contribution in [2.45, 2.75) is 25.8 Å². The Kier molecular flexibility index (Phi) is 4.55. The Hall–Kier alpha value is -1.13. The molecule has 2 N–H and O–H groups in total. The van der Waals surface area contributed by atoms with Crippen LogP contribution in [0.25, 0.3) is 0 Å². The van der Waals surface area contributed by atoms with E-state index < -0.39 is 0 Å². The summed E-state index contributed by atoms with van der Waals surface area (Å²) in [6.45, 7) is 2.73. The highest BCUT2D eigenvalue weighted by molar-refractivity contribution is 9.10. The first-order valence-electron chi connectivity index (χ1n) is 6.24. The van der Waals surface area contributed by atoms with E-state index in [1.807, 2.05) is 24.5 Å². The lowest BCUT2D eigenvalue weighted by Gasteiger charge is -2.20. The summed E-state index contributed by atoms with van der Waals surface area (Å²) < 4.78 is 3.28. The maximum absolute atomic E-state index is 5.96. The van der Waals surface area contributed by atoms with Crippen LogP contribution in [0.5, 0.6) is 0 Å². The number of hydrogen-bond donors (Lipinski definition) is 1. The second kappa shape index (κ2) is 6.16. The van der Waals surface area contributed by atoms with Crippen molar-refractivity contribution in [1.29, 1.82) is 0 Å². The van der Waals surface area contributed by atoms with Gasteiger partial charge >= 0.3 is 0 Å². The summed E-state index contributed by atoms with van der Waals surface area (Å²) in [4.78, 5) is 4.42. The Morgan fingerprint density at radius 3 is 2.83 bits per heavy atom. The molecule has 1 aromatic heterocycles. The number of halogens is 1. The Morgan fingerprint density at radius 2 is 2.17 bits per heavy atom. The van der Waals surface area contributed by atoms with E-state index in [4.69, 9.17) is 5.73 Å². The number of aromatic nitrogens is 2. The highest BCUT2D eigenvalue weighted by Gasteiger charge is 2.16. The van der Waals surface area contributed by atoms with Crippen LogP contribution in [0.3, 0.4) is 0 Å². The normalized spacial score (nSPS) is 12.6. The Labute approximate surface area is 116 Å². The van der Waals surface area contributed by atoms with Crippen LogP contribution in [0.4, 0.5) is 0 Å². The maximum Gasteiger partial charge on any atom is 0.109 e. The number of hydrogen-bond acceptors (Lipinski definition) is 2. The van der Waals surface area contributed by atoms with Crippen LogP contribution in [0.15, 0.2) is 41.1 Å². The van der Waals surface area contributed by atoms with Crippen molar-refractivity contribution >= 4 is 15.9 Å². The summed E-state index contributed by atoms with van der Waals surface area (Å²) in [5, 5.41) is 0. The fourth-order valence-corrected chi connectivity index (χ4v) is 2.73. The van der Waals surface area contributed by atoms with Gasteiger partial charge in [-0.2, -0.15) is 0 Å². The van der Waals surface area contributed by atoms with Gasteiger partial charge in [-0.25, -0.2) is 4.98 Å². The van der Waals surface area contributed by atoms with Gasteiger partial charge in [0.1, 0.15) is 5.82 Å². The fraction of sp³-hybridized carbons (Fsp3) is 0.357. The fourth-order valence-electron chi connectivity index (χ4n) is 2.18. The predicted octanol–water partition coefficient (Wildman–Crippen LogP) is 3.15. The minimum atomic E-state index is 0.143. The van der Waals surface area contributed by atoms with E-state index in [1.54, 1.807) is 0 Å². The average molecular weight is 308 g/mol. The van der Waals surface area contributed by atoms with Gasteiger partial charge < -0.3 is 10.3 Å². The van der Waals surface area contributed by atoms with E-state index in [0.29, 0.717) is 6.54 Å². The van der Waals surface area contributed by atoms with E-state index in [9.17, 15) is 0 Å². The maximum atomic E-state index is 5.96. The number of benzene rings is 1. The van der Waals surface area contributed by atoms with Crippen molar-refractivity contribution in [1.82, 2.24) is 9.55 Å². The molecule has 0 fully saturated rings. The highest BCUT2D eigenvalue weighted by Crippen LogP contribution is 2.26. The lowest BCUT2D eigenvalue weighted by atomic mass is 10.1. The number of nitrogens with zero attached hydrogens (tertiary/aromatic N) is 2. The first-order chi connectivity index (χ1) is 8.77. The molecule has 0 saturated carbocycles. The van der Waals surface area contributed by atoms with E-state index in [-0.39, 0.29) is 6.04 Å². The van der Waals surface area contributed by atoms with Crippen LogP contribution in [-0.4, -0.2) is 16.1 Å². The third kappa shape index (κ3) is 2.65. The van der Waals surface area contributed by atoms with Gasteiger partial charge in [-0.15, -0.1) is 0 Å². The first kappa shape index (κ1) is 13.3. The van der Waals surface area contributed by atoms with Crippen molar-refractivity contribution in [3.8, 4) is 0 Å². The molecule has 2 rings (SSSR count). The molecule has 0 saturated heterocycles. The first-order valence-corrected chi connectivity index (χ1v) is 7.03. The second-order valence-corrected chi connectivity index (χ2v) is 5.13. The molecular formula is C14H18BrN3. The molecule has 2 aromatic rings. The highest BCUT2D eigenvalue weighted by atomic mass is 79.9. The van der Waals surface area contributed by atoms with Crippen LogP contribution in [0, 0.1) is 0 Å². The Bertz CT molecular complexity index is 507. The molecule has 0 spiro atoms. The number of rotatable bonds is 5. The van der Waals surface area contributed by atoms with Gasteiger partial charge in [0, 0.05) is 29.8 Å². The van der Waals surface area contributed by atoms with Gasteiger partial charge in [0.15, 0.2) is 0 Å². The largest absolute Gasteiger partial charge is 0.328 e. The molecule has 1 unspecified atom stereocenters. The molecule has 3 nitrogen and oxygen atoms in total. The molecule has 0 aliphatic carbocycles. The predicted molar refractivity (Wildman–Crippen MR) is 77.6 cm³/mol. The van der Waals surface area contributed by atoms with E-state index in [0.717, 1.165) is 23.1 Å². The minimum Gasteiger partial charge on any atom is -0.328 e. The third-order valence-corrected chi connectivity index (χ3v) is 3.77. The number of aryl methyl sites for hydroxylation is 1. The van der Waals surface area contributed by atoms with Crippen LogP contribution in [0.2, 0.25) is 0 Å². The van der Waals surface area contributed by atoms with E-state index in [2.05, 4.69) is 44.5 Å². The molecular weight excluding hydrogens is 290 g/mol. The van der Waals surface area contributed by atoms with Crippen molar-refractivity contribution in [2.24, 2.45) is 5.73 Å². The molecule has 96 valence electrons. The molecule has 0 amide bonds. The molecule has 1 aromatic carbocycles. The molecule has 1 heterocycles. The quantitative estimate of drug-likeness (QED) is 0.922. The van der Waals surface area contributed by atoms with E-state index >= 15 is 0 Å². The summed E-state index contributed by atoms with van der Waals surface area (Å²) in [5.74, 6) is 1.10. The lowest BCUT2D eigenvalue weighted by molar-refractivity contribution is 0.560. The number of nitrogens with two attached hydrogens (primary N) is 1. The van der Waals surface area contributed by atoms with Gasteiger partial charge in [0.25, 0.3) is 0 Å². The number of imidazole rings is 1. The zero-order valence-electron chi connectivity index (χ0n) is 10.5. The molecule has 0 radical (unpaired) electrons. The summed E-state index contributed by atoms with van der Waals surface area (Å²) in [6, 6.07) is 8.36. The summed E-state index contributed by atoms with van der Waals surface area (Å²) >= 11 is 3.60. The molecule has 4 heteroatoms. The van der Waals surface area contributed by atoms with E-state index in [1.165, 1.54) is 5.56 Å². The Morgan fingerprint density at radius 1 is 1.39 bits per heavy atom. The molecule has 1 atom stereocenters. The second-order valence-electron chi connectivity index (χ2n) is 4.27. The molecule has 0 aliphatic rings. The van der Waals surface area contributed by atoms with Crippen LogP contribution >= 0.6 is 15.9 Å². The lowest BCUT2D eigenvalue weighted by Crippen LogP contribution is -2.22. The van der Waals surface area contributed by atoms with Crippen molar-refractivity contribution in [3.63, 3.8) is 0 Å². The smallest absolute Gasteiger partial charge is 0.109 e. The topological polar surface area (TPSA) is 43.8 Å². The molecule has 18 heavy (non-hydrogen) atoms. The Balaban J connectivity index is 2.39. The molecule has 0 aliphatic heterocycles. The van der Waals surface area contributed by atoms with Gasteiger partial charge in [-0.05, 0) is 18.1 Å². The van der Waals surface area contributed by atoms with Crippen molar-refractivity contribution in [3.05, 3.63) is 52.5 Å². The van der Waals surface area contributed by atoms with Gasteiger partial charge in [-0.3, -0.25) is 0 Å². The van der Waals surface area contributed by atoms with Crippen molar-refractivity contribution in [2.75, 3.05) is 6.54 Å². The summed E-state index contributed by atoms with van der Waals surface area (Å²) in [7, 11) is 0. The average Bonchev–Trinajstić information content (AvgIpc) is 2.82. The summed E-state index contributed by atoms with van der Waals surface area (Å²) in [6.07, 6.45) is 5.94. The third-order valence-electron chi connectivity index (χ3n) is 3.05. The van der Waals surface area contributed by atoms with Crippen LogP contribution in [0.1, 0.15) is 30.8 Å². The SMILES string of the molecule is CCCc1nccn1C(CN)c1ccccc1Br. The minimum absolute atomic E-state index is 0.143. The zero-order chi connectivity index (χ0) is 13.0. The summed E-state index contributed by atoms with van der Waals surface area (Å²) in [5.41, 5.74) is 7.16.